The van der Waals surface area contributed by atoms with Crippen molar-refractivity contribution in [3.05, 3.63) is 23.4 Å². The fourth-order valence-electron chi connectivity index (χ4n) is 1.44. The first kappa shape index (κ1) is 14.6. The molecule has 0 bridgehead atoms. The number of carbonyl (C=O) groups is 1. The van der Waals surface area contributed by atoms with Gasteiger partial charge in [0.25, 0.3) is 5.91 Å². The Kier molecular flexibility index (Phi) is 5.77. The highest BCUT2D eigenvalue weighted by atomic mass is 32.2. The average molecular weight is 269 g/mol. The summed E-state index contributed by atoms with van der Waals surface area (Å²) < 4.78 is 10.9. The number of amides is 1. The first-order valence-corrected chi connectivity index (χ1v) is 7.56. The van der Waals surface area contributed by atoms with Gasteiger partial charge in [-0.25, -0.2) is 4.98 Å². The van der Waals surface area contributed by atoms with E-state index in [-0.39, 0.29) is 5.91 Å². The van der Waals surface area contributed by atoms with Gasteiger partial charge in [-0.2, -0.15) is 0 Å². The smallest absolute Gasteiger partial charge is 0.251 e. The summed E-state index contributed by atoms with van der Waals surface area (Å²) in [5.41, 5.74) is 1.44. The lowest BCUT2D eigenvalue weighted by atomic mass is 10.2. The molecular formula is C12H19N3O2S. The number of hydrogen-bond donors (Lipinski definition) is 2. The molecule has 1 unspecified atom stereocenters. The van der Waals surface area contributed by atoms with Crippen LogP contribution in [0.3, 0.4) is 0 Å². The third-order valence-corrected chi connectivity index (χ3v) is 3.21. The van der Waals surface area contributed by atoms with E-state index in [1.807, 2.05) is 6.92 Å². The molecule has 1 aromatic rings. The lowest BCUT2D eigenvalue weighted by Crippen LogP contribution is -2.27. The van der Waals surface area contributed by atoms with Crippen LogP contribution in [0.1, 0.15) is 23.0 Å². The number of pyridine rings is 1. The van der Waals surface area contributed by atoms with Gasteiger partial charge in [-0.15, -0.1) is 0 Å². The Morgan fingerprint density at radius 2 is 2.17 bits per heavy atom. The molecule has 100 valence electrons. The minimum atomic E-state index is -0.890. The zero-order valence-corrected chi connectivity index (χ0v) is 11.8. The topological polar surface area (TPSA) is 71.1 Å². The van der Waals surface area contributed by atoms with E-state index in [2.05, 4.69) is 15.6 Å². The van der Waals surface area contributed by atoms with E-state index in [1.165, 1.54) is 0 Å². The lowest BCUT2D eigenvalue weighted by Gasteiger charge is -2.08. The molecule has 1 heterocycles. The quantitative estimate of drug-likeness (QED) is 0.801. The Labute approximate surface area is 110 Å². The second kappa shape index (κ2) is 7.10. The van der Waals surface area contributed by atoms with Crippen molar-refractivity contribution in [2.45, 2.75) is 13.3 Å². The second-order valence-corrected chi connectivity index (χ2v) is 5.42. The van der Waals surface area contributed by atoms with Crippen LogP contribution in [0.2, 0.25) is 0 Å². The maximum Gasteiger partial charge on any atom is 0.251 e. The number of hydrogen-bond acceptors (Lipinski definition) is 4. The van der Waals surface area contributed by atoms with E-state index in [0.717, 1.165) is 12.1 Å². The van der Waals surface area contributed by atoms with Crippen molar-refractivity contribution in [2.75, 3.05) is 30.9 Å². The highest BCUT2D eigenvalue weighted by Crippen LogP contribution is 2.10. The predicted octanol–water partition coefficient (Wildman–Crippen LogP) is 0.794. The molecule has 0 radical (unpaired) electrons. The molecule has 1 amide bonds. The van der Waals surface area contributed by atoms with Crippen molar-refractivity contribution in [2.24, 2.45) is 0 Å². The number of anilines is 1. The van der Waals surface area contributed by atoms with E-state index in [1.54, 1.807) is 25.4 Å². The van der Waals surface area contributed by atoms with Gasteiger partial charge >= 0.3 is 0 Å². The Morgan fingerprint density at radius 3 is 2.72 bits per heavy atom. The molecule has 2 N–H and O–H groups in total. The Balaban J connectivity index is 2.75. The number of nitrogens with zero attached hydrogens (tertiary/aromatic N) is 1. The molecule has 1 atom stereocenters. The largest absolute Gasteiger partial charge is 0.373 e. The molecule has 0 fully saturated rings. The summed E-state index contributed by atoms with van der Waals surface area (Å²) in [5, 5.41) is 5.68. The maximum absolute atomic E-state index is 11.9. The molecule has 5 nitrogen and oxygen atoms in total. The third kappa shape index (κ3) is 4.44. The van der Waals surface area contributed by atoms with Crippen molar-refractivity contribution in [1.29, 1.82) is 0 Å². The van der Waals surface area contributed by atoms with E-state index in [0.29, 0.717) is 23.7 Å². The van der Waals surface area contributed by atoms with Crippen molar-refractivity contribution in [3.63, 3.8) is 0 Å². The maximum atomic E-state index is 11.9. The van der Waals surface area contributed by atoms with Gasteiger partial charge in [-0.05, 0) is 18.6 Å². The van der Waals surface area contributed by atoms with E-state index >= 15 is 0 Å². The zero-order valence-electron chi connectivity index (χ0n) is 10.9. The van der Waals surface area contributed by atoms with Gasteiger partial charge in [0.1, 0.15) is 5.82 Å². The van der Waals surface area contributed by atoms with Crippen molar-refractivity contribution in [3.8, 4) is 0 Å². The predicted molar refractivity (Wildman–Crippen MR) is 74.4 cm³/mol. The van der Waals surface area contributed by atoms with E-state index < -0.39 is 10.8 Å². The summed E-state index contributed by atoms with van der Waals surface area (Å²) in [4.78, 5) is 16.2. The minimum absolute atomic E-state index is 0.158. The van der Waals surface area contributed by atoms with Crippen LogP contribution in [0.15, 0.2) is 12.1 Å². The van der Waals surface area contributed by atoms with Crippen LogP contribution >= 0.6 is 0 Å². The number of nitrogens with one attached hydrogen (secondary N) is 2. The Morgan fingerprint density at radius 1 is 1.44 bits per heavy atom. The first-order chi connectivity index (χ1) is 8.56. The van der Waals surface area contributed by atoms with Gasteiger partial charge in [0, 0.05) is 47.7 Å². The summed E-state index contributed by atoms with van der Waals surface area (Å²) >= 11 is 0. The van der Waals surface area contributed by atoms with Crippen LogP contribution in [0.4, 0.5) is 5.82 Å². The van der Waals surface area contributed by atoms with Crippen molar-refractivity contribution < 1.29 is 9.00 Å². The summed E-state index contributed by atoms with van der Waals surface area (Å²) in [6.45, 7) is 2.41. The zero-order chi connectivity index (χ0) is 13.5. The molecule has 0 aliphatic heterocycles. The van der Waals surface area contributed by atoms with Gasteiger partial charge in [0.05, 0.1) is 0 Å². The average Bonchev–Trinajstić information content (AvgIpc) is 2.37. The first-order valence-electron chi connectivity index (χ1n) is 5.83. The molecule has 0 saturated carbocycles. The van der Waals surface area contributed by atoms with Crippen LogP contribution in [0.25, 0.3) is 0 Å². The number of aryl methyl sites for hydroxylation is 1. The van der Waals surface area contributed by atoms with Crippen LogP contribution in [0.5, 0.6) is 0 Å². The van der Waals surface area contributed by atoms with Gasteiger partial charge in [-0.1, -0.05) is 6.92 Å². The molecule has 18 heavy (non-hydrogen) atoms. The molecular weight excluding hydrogens is 250 g/mol. The standard InChI is InChI=1S/C12H19N3O2S/c1-4-10-7-9(8-11(13-2)15-10)12(16)14-5-6-18(3)17/h7-8H,4-6H2,1-3H3,(H,13,15)(H,14,16). The molecule has 0 aliphatic carbocycles. The second-order valence-electron chi connectivity index (χ2n) is 3.87. The van der Waals surface area contributed by atoms with Crippen molar-refractivity contribution in [1.82, 2.24) is 10.3 Å². The number of carbonyl (C=O) groups excluding carboxylic acids is 1. The Hall–Kier alpha value is -1.43. The van der Waals surface area contributed by atoms with Crippen LogP contribution < -0.4 is 10.6 Å². The fourth-order valence-corrected chi connectivity index (χ4v) is 1.83. The molecule has 0 spiro atoms. The summed E-state index contributed by atoms with van der Waals surface area (Å²) in [6, 6.07) is 3.48. The SMILES string of the molecule is CCc1cc(C(=O)NCCS(C)=O)cc(NC)n1. The summed E-state index contributed by atoms with van der Waals surface area (Å²) in [6.07, 6.45) is 2.39. The van der Waals surface area contributed by atoms with Crippen LogP contribution in [-0.2, 0) is 17.2 Å². The summed E-state index contributed by atoms with van der Waals surface area (Å²) in [7, 11) is 0.878. The lowest BCUT2D eigenvalue weighted by molar-refractivity contribution is 0.0956. The number of aromatic nitrogens is 1. The molecule has 0 aromatic carbocycles. The molecule has 1 rings (SSSR count). The Bertz CT molecular complexity index is 427. The number of rotatable bonds is 6. The molecule has 1 aromatic heterocycles. The van der Waals surface area contributed by atoms with Gasteiger partial charge in [0.15, 0.2) is 0 Å². The normalized spacial score (nSPS) is 11.9. The van der Waals surface area contributed by atoms with E-state index in [4.69, 9.17) is 0 Å². The van der Waals surface area contributed by atoms with Gasteiger partial charge < -0.3 is 10.6 Å². The van der Waals surface area contributed by atoms with Crippen LogP contribution in [-0.4, -0.2) is 40.7 Å². The van der Waals surface area contributed by atoms with Crippen LogP contribution in [0, 0.1) is 0 Å². The molecule has 0 aliphatic rings. The highest BCUT2D eigenvalue weighted by Gasteiger charge is 2.08. The van der Waals surface area contributed by atoms with Crippen molar-refractivity contribution >= 4 is 22.5 Å². The van der Waals surface area contributed by atoms with Gasteiger partial charge in [-0.3, -0.25) is 9.00 Å². The highest BCUT2D eigenvalue weighted by molar-refractivity contribution is 7.84. The minimum Gasteiger partial charge on any atom is -0.373 e. The van der Waals surface area contributed by atoms with Gasteiger partial charge in [0.2, 0.25) is 0 Å². The van der Waals surface area contributed by atoms with E-state index in [9.17, 15) is 9.00 Å². The third-order valence-electron chi connectivity index (χ3n) is 2.43. The molecule has 0 saturated heterocycles. The summed E-state index contributed by atoms with van der Waals surface area (Å²) in [5.74, 6) is 0.990. The monoisotopic (exact) mass is 269 g/mol. The fraction of sp³-hybridized carbons (Fsp3) is 0.500. The molecule has 6 heteroatoms.